The predicted molar refractivity (Wildman–Crippen MR) is 79.5 cm³/mol. The van der Waals surface area contributed by atoms with Crippen molar-refractivity contribution in [2.45, 2.75) is 13.0 Å². The summed E-state index contributed by atoms with van der Waals surface area (Å²) in [5, 5.41) is 0.724. The lowest BCUT2D eigenvalue weighted by atomic mass is 9.96. The van der Waals surface area contributed by atoms with E-state index in [1.54, 1.807) is 0 Å². The van der Waals surface area contributed by atoms with Gasteiger partial charge < -0.3 is 0 Å². The van der Waals surface area contributed by atoms with E-state index in [9.17, 15) is 0 Å². The SMILES string of the molecule is Cc1cc(Br)ccc1C(NN)c1ccc(Cl)cc1. The van der Waals surface area contributed by atoms with Crippen LogP contribution in [0.1, 0.15) is 22.7 Å². The summed E-state index contributed by atoms with van der Waals surface area (Å²) in [5.41, 5.74) is 6.28. The monoisotopic (exact) mass is 324 g/mol. The second kappa shape index (κ2) is 5.85. The van der Waals surface area contributed by atoms with Gasteiger partial charge >= 0.3 is 0 Å². The molecule has 0 aliphatic rings. The average molecular weight is 326 g/mol. The van der Waals surface area contributed by atoms with Crippen LogP contribution in [0.3, 0.4) is 0 Å². The van der Waals surface area contributed by atoms with E-state index in [0.717, 1.165) is 20.6 Å². The Morgan fingerprint density at radius 2 is 1.83 bits per heavy atom. The summed E-state index contributed by atoms with van der Waals surface area (Å²) >= 11 is 9.36. The van der Waals surface area contributed by atoms with Crippen molar-refractivity contribution < 1.29 is 0 Å². The van der Waals surface area contributed by atoms with Gasteiger partial charge in [-0.2, -0.15) is 0 Å². The highest BCUT2D eigenvalue weighted by molar-refractivity contribution is 9.10. The molecule has 0 fully saturated rings. The highest BCUT2D eigenvalue weighted by Gasteiger charge is 2.14. The first-order valence-electron chi connectivity index (χ1n) is 5.59. The van der Waals surface area contributed by atoms with Crippen molar-refractivity contribution in [3.05, 3.63) is 68.7 Å². The van der Waals surface area contributed by atoms with E-state index in [1.165, 1.54) is 5.56 Å². The van der Waals surface area contributed by atoms with E-state index in [4.69, 9.17) is 17.4 Å². The van der Waals surface area contributed by atoms with Gasteiger partial charge in [0.05, 0.1) is 6.04 Å². The lowest BCUT2D eigenvalue weighted by Crippen LogP contribution is -2.29. The van der Waals surface area contributed by atoms with Crippen molar-refractivity contribution in [2.75, 3.05) is 0 Å². The van der Waals surface area contributed by atoms with Crippen molar-refractivity contribution in [1.82, 2.24) is 5.43 Å². The molecule has 0 aliphatic heterocycles. The van der Waals surface area contributed by atoms with E-state index < -0.39 is 0 Å². The quantitative estimate of drug-likeness (QED) is 0.662. The molecule has 0 aliphatic carbocycles. The van der Waals surface area contributed by atoms with E-state index in [1.807, 2.05) is 30.3 Å². The molecule has 94 valence electrons. The van der Waals surface area contributed by atoms with Gasteiger partial charge in [-0.3, -0.25) is 5.84 Å². The number of nitrogens with one attached hydrogen (secondary N) is 1. The van der Waals surface area contributed by atoms with Crippen LogP contribution < -0.4 is 11.3 Å². The van der Waals surface area contributed by atoms with Crippen LogP contribution in [-0.4, -0.2) is 0 Å². The first kappa shape index (κ1) is 13.6. The van der Waals surface area contributed by atoms with Crippen molar-refractivity contribution in [3.63, 3.8) is 0 Å². The average Bonchev–Trinajstić information content (AvgIpc) is 2.35. The van der Waals surface area contributed by atoms with Crippen molar-refractivity contribution in [2.24, 2.45) is 5.84 Å². The third kappa shape index (κ3) is 2.93. The second-order valence-electron chi connectivity index (χ2n) is 4.15. The highest BCUT2D eigenvalue weighted by Crippen LogP contribution is 2.27. The van der Waals surface area contributed by atoms with Crippen LogP contribution in [0.2, 0.25) is 5.02 Å². The Bertz CT molecular complexity index is 540. The number of hydrogen-bond acceptors (Lipinski definition) is 2. The molecular weight excluding hydrogens is 312 g/mol. The van der Waals surface area contributed by atoms with Gasteiger partial charge in [-0.1, -0.05) is 45.7 Å². The number of halogens is 2. The molecule has 0 saturated carbocycles. The highest BCUT2D eigenvalue weighted by atomic mass is 79.9. The molecule has 0 saturated heterocycles. The van der Waals surface area contributed by atoms with Crippen LogP contribution in [0.25, 0.3) is 0 Å². The molecule has 2 aromatic carbocycles. The number of hydrogen-bond donors (Lipinski definition) is 2. The van der Waals surface area contributed by atoms with Gasteiger partial charge in [0, 0.05) is 9.50 Å². The number of hydrazine groups is 1. The largest absolute Gasteiger partial charge is 0.271 e. The standard InChI is InChI=1S/C14H14BrClN2/c1-9-8-11(15)4-7-13(9)14(18-17)10-2-5-12(16)6-3-10/h2-8,14,18H,17H2,1H3. The van der Waals surface area contributed by atoms with E-state index in [0.29, 0.717) is 0 Å². The maximum absolute atomic E-state index is 5.90. The zero-order valence-corrected chi connectivity index (χ0v) is 12.3. The third-order valence-electron chi connectivity index (χ3n) is 2.91. The van der Waals surface area contributed by atoms with Gasteiger partial charge in [-0.15, -0.1) is 0 Å². The maximum Gasteiger partial charge on any atom is 0.0712 e. The summed E-state index contributed by atoms with van der Waals surface area (Å²) < 4.78 is 1.07. The number of benzene rings is 2. The van der Waals surface area contributed by atoms with Gasteiger partial charge in [0.25, 0.3) is 0 Å². The van der Waals surface area contributed by atoms with Crippen LogP contribution in [0.4, 0.5) is 0 Å². The summed E-state index contributed by atoms with van der Waals surface area (Å²) in [6.07, 6.45) is 0. The van der Waals surface area contributed by atoms with Gasteiger partial charge in [0.15, 0.2) is 0 Å². The molecule has 2 nitrogen and oxygen atoms in total. The van der Waals surface area contributed by atoms with Gasteiger partial charge in [-0.25, -0.2) is 5.43 Å². The Morgan fingerprint density at radius 1 is 1.17 bits per heavy atom. The zero-order valence-electron chi connectivity index (χ0n) is 9.95. The Hall–Kier alpha value is -0.870. The molecule has 4 heteroatoms. The van der Waals surface area contributed by atoms with E-state index >= 15 is 0 Å². The van der Waals surface area contributed by atoms with Gasteiger partial charge in [0.1, 0.15) is 0 Å². The Labute approximate surface area is 120 Å². The van der Waals surface area contributed by atoms with Crippen LogP contribution in [0, 0.1) is 6.92 Å². The molecule has 0 amide bonds. The molecule has 1 unspecified atom stereocenters. The van der Waals surface area contributed by atoms with Crippen molar-refractivity contribution in [1.29, 1.82) is 0 Å². The number of aryl methyl sites for hydroxylation is 1. The van der Waals surface area contributed by atoms with Crippen molar-refractivity contribution in [3.8, 4) is 0 Å². The smallest absolute Gasteiger partial charge is 0.0712 e. The Morgan fingerprint density at radius 3 is 2.39 bits per heavy atom. The van der Waals surface area contributed by atoms with E-state index in [-0.39, 0.29) is 6.04 Å². The Kier molecular flexibility index (Phi) is 4.40. The normalized spacial score (nSPS) is 12.4. The molecule has 2 rings (SSSR count). The fourth-order valence-electron chi connectivity index (χ4n) is 1.98. The molecule has 1 atom stereocenters. The lowest BCUT2D eigenvalue weighted by molar-refractivity contribution is 0.633. The molecule has 0 radical (unpaired) electrons. The van der Waals surface area contributed by atoms with Crippen LogP contribution in [0.15, 0.2) is 46.9 Å². The number of rotatable bonds is 3. The summed E-state index contributed by atoms with van der Waals surface area (Å²) in [6.45, 7) is 2.07. The summed E-state index contributed by atoms with van der Waals surface area (Å²) in [7, 11) is 0. The van der Waals surface area contributed by atoms with Crippen LogP contribution in [-0.2, 0) is 0 Å². The molecule has 3 N–H and O–H groups in total. The fraction of sp³-hybridized carbons (Fsp3) is 0.143. The molecule has 0 spiro atoms. The summed E-state index contributed by atoms with van der Waals surface area (Å²) in [5.74, 6) is 5.69. The topological polar surface area (TPSA) is 38.0 Å². The lowest BCUT2D eigenvalue weighted by Gasteiger charge is -2.19. The minimum Gasteiger partial charge on any atom is -0.271 e. The molecule has 2 aromatic rings. The number of nitrogens with two attached hydrogens (primary N) is 1. The first-order chi connectivity index (χ1) is 8.61. The van der Waals surface area contributed by atoms with Crippen LogP contribution >= 0.6 is 27.5 Å². The molecule has 0 aromatic heterocycles. The Balaban J connectivity index is 2.41. The van der Waals surface area contributed by atoms with Gasteiger partial charge in [0.2, 0.25) is 0 Å². The van der Waals surface area contributed by atoms with Crippen LogP contribution in [0.5, 0.6) is 0 Å². The van der Waals surface area contributed by atoms with Gasteiger partial charge in [-0.05, 0) is 47.9 Å². The summed E-state index contributed by atoms with van der Waals surface area (Å²) in [4.78, 5) is 0. The molecular formula is C14H14BrClN2. The fourth-order valence-corrected chi connectivity index (χ4v) is 2.59. The minimum atomic E-state index is -0.0321. The van der Waals surface area contributed by atoms with Crippen molar-refractivity contribution >= 4 is 27.5 Å². The molecule has 0 heterocycles. The zero-order chi connectivity index (χ0) is 13.1. The second-order valence-corrected chi connectivity index (χ2v) is 5.50. The molecule has 0 bridgehead atoms. The van der Waals surface area contributed by atoms with E-state index in [2.05, 4.69) is 40.4 Å². The summed E-state index contributed by atoms with van der Waals surface area (Å²) in [6, 6.07) is 13.8. The third-order valence-corrected chi connectivity index (χ3v) is 3.66. The predicted octanol–water partition coefficient (Wildman–Crippen LogP) is 3.96. The molecule has 18 heavy (non-hydrogen) atoms. The minimum absolute atomic E-state index is 0.0321. The maximum atomic E-state index is 5.90. The first-order valence-corrected chi connectivity index (χ1v) is 6.76.